The van der Waals surface area contributed by atoms with Crippen LogP contribution >= 0.6 is 0 Å². The van der Waals surface area contributed by atoms with Gasteiger partial charge in [0.05, 0.1) is 11.0 Å². The number of nitrogens with one attached hydrogen (secondary N) is 1. The third-order valence-electron chi connectivity index (χ3n) is 3.49. The summed E-state index contributed by atoms with van der Waals surface area (Å²) in [7, 11) is -1.27. The first-order valence-corrected chi connectivity index (χ1v) is 8.69. The van der Waals surface area contributed by atoms with Gasteiger partial charge >= 0.3 is 0 Å². The lowest BCUT2D eigenvalue weighted by atomic mass is 10.1. The highest BCUT2D eigenvalue weighted by Crippen LogP contribution is 2.19. The van der Waals surface area contributed by atoms with Crippen LogP contribution in [0, 0.1) is 0 Å². The van der Waals surface area contributed by atoms with Crippen LogP contribution in [0.1, 0.15) is 38.7 Å². The molecule has 0 amide bonds. The van der Waals surface area contributed by atoms with Crippen molar-refractivity contribution >= 4 is 9.84 Å². The molecule has 3 nitrogen and oxygen atoms in total. The standard InChI is InChI=1S/C15H25NO2S/c1-4-9-14(16-3)15(5-2)19(17,18)12-13-10-7-6-8-11-13/h6-8,10-11,14-16H,4-5,9,12H2,1-3H3. The van der Waals surface area contributed by atoms with Gasteiger partial charge in [-0.05, 0) is 25.5 Å². The third-order valence-corrected chi connectivity index (χ3v) is 5.81. The van der Waals surface area contributed by atoms with Gasteiger partial charge in [0.15, 0.2) is 9.84 Å². The van der Waals surface area contributed by atoms with E-state index in [0.29, 0.717) is 6.42 Å². The summed E-state index contributed by atoms with van der Waals surface area (Å²) in [6, 6.07) is 9.46. The molecule has 0 aliphatic rings. The molecule has 4 heteroatoms. The van der Waals surface area contributed by atoms with Gasteiger partial charge in [0, 0.05) is 6.04 Å². The number of hydrogen-bond donors (Lipinski definition) is 1. The van der Waals surface area contributed by atoms with Crippen molar-refractivity contribution in [3.63, 3.8) is 0 Å². The predicted molar refractivity (Wildman–Crippen MR) is 80.9 cm³/mol. The molecule has 0 spiro atoms. The van der Waals surface area contributed by atoms with Gasteiger partial charge in [0.25, 0.3) is 0 Å². The average Bonchev–Trinajstić information content (AvgIpc) is 2.38. The van der Waals surface area contributed by atoms with Crippen LogP contribution in [0.15, 0.2) is 30.3 Å². The van der Waals surface area contributed by atoms with Crippen molar-refractivity contribution in [3.05, 3.63) is 35.9 Å². The summed E-state index contributed by atoms with van der Waals surface area (Å²) in [5, 5.41) is 2.86. The van der Waals surface area contributed by atoms with Crippen molar-refractivity contribution < 1.29 is 8.42 Å². The Hall–Kier alpha value is -0.870. The second-order valence-electron chi connectivity index (χ2n) is 4.92. The molecule has 1 aromatic carbocycles. The minimum Gasteiger partial charge on any atom is -0.316 e. The van der Waals surface area contributed by atoms with Crippen molar-refractivity contribution in [1.29, 1.82) is 0 Å². The maximum Gasteiger partial charge on any atom is 0.158 e. The van der Waals surface area contributed by atoms with E-state index < -0.39 is 9.84 Å². The van der Waals surface area contributed by atoms with Crippen LogP contribution in [0.25, 0.3) is 0 Å². The van der Waals surface area contributed by atoms with Crippen molar-refractivity contribution in [2.45, 2.75) is 50.2 Å². The van der Waals surface area contributed by atoms with Gasteiger partial charge in [-0.15, -0.1) is 0 Å². The van der Waals surface area contributed by atoms with Crippen LogP contribution in [0.5, 0.6) is 0 Å². The Morgan fingerprint density at radius 1 is 1.16 bits per heavy atom. The van der Waals surface area contributed by atoms with Crippen LogP contribution in [0.2, 0.25) is 0 Å². The summed E-state index contributed by atoms with van der Waals surface area (Å²) in [6.07, 6.45) is 2.53. The Morgan fingerprint density at radius 2 is 1.79 bits per heavy atom. The van der Waals surface area contributed by atoms with Crippen LogP contribution in [0.4, 0.5) is 0 Å². The Labute approximate surface area is 117 Å². The maximum absolute atomic E-state index is 12.6. The summed E-state index contributed by atoms with van der Waals surface area (Å²) in [4.78, 5) is 0. The molecular formula is C15H25NO2S. The molecule has 1 N–H and O–H groups in total. The van der Waals surface area contributed by atoms with Crippen LogP contribution < -0.4 is 5.32 Å². The fourth-order valence-electron chi connectivity index (χ4n) is 2.53. The minimum atomic E-state index is -3.12. The number of hydrogen-bond acceptors (Lipinski definition) is 3. The molecule has 0 saturated heterocycles. The zero-order chi connectivity index (χ0) is 14.3. The summed E-state index contributed by atoms with van der Waals surface area (Å²) >= 11 is 0. The predicted octanol–water partition coefficient (Wildman–Crippen LogP) is 2.77. The minimum absolute atomic E-state index is 0.0451. The molecule has 2 unspecified atom stereocenters. The molecule has 1 aromatic rings. The maximum atomic E-state index is 12.6. The molecule has 19 heavy (non-hydrogen) atoms. The van der Waals surface area contributed by atoms with E-state index in [1.54, 1.807) is 0 Å². The molecule has 0 bridgehead atoms. The van der Waals surface area contributed by atoms with Crippen LogP contribution in [0.3, 0.4) is 0 Å². The van der Waals surface area contributed by atoms with E-state index >= 15 is 0 Å². The second kappa shape index (κ2) is 7.65. The normalized spacial score (nSPS) is 15.1. The van der Waals surface area contributed by atoms with E-state index in [-0.39, 0.29) is 17.0 Å². The monoisotopic (exact) mass is 283 g/mol. The van der Waals surface area contributed by atoms with Crippen LogP contribution in [-0.2, 0) is 15.6 Å². The first-order valence-electron chi connectivity index (χ1n) is 6.97. The molecule has 1 rings (SSSR count). The van der Waals surface area contributed by atoms with Crippen molar-refractivity contribution in [3.8, 4) is 0 Å². The topological polar surface area (TPSA) is 46.2 Å². The van der Waals surface area contributed by atoms with Gasteiger partial charge in [-0.3, -0.25) is 0 Å². The average molecular weight is 283 g/mol. The molecular weight excluding hydrogens is 258 g/mol. The smallest absolute Gasteiger partial charge is 0.158 e. The Bertz CT molecular complexity index is 456. The Kier molecular flexibility index (Phi) is 6.52. The quantitative estimate of drug-likeness (QED) is 0.798. The first-order chi connectivity index (χ1) is 9.05. The number of sulfone groups is 1. The molecule has 0 aliphatic heterocycles. The van der Waals surface area contributed by atoms with E-state index in [2.05, 4.69) is 12.2 Å². The molecule has 0 fully saturated rings. The molecule has 0 aliphatic carbocycles. The second-order valence-corrected chi connectivity index (χ2v) is 7.14. The van der Waals surface area contributed by atoms with E-state index in [1.165, 1.54) is 0 Å². The molecule has 0 radical (unpaired) electrons. The molecule has 0 saturated carbocycles. The molecule has 0 heterocycles. The highest BCUT2D eigenvalue weighted by molar-refractivity contribution is 7.91. The van der Waals surface area contributed by atoms with Gasteiger partial charge in [0.2, 0.25) is 0 Å². The summed E-state index contributed by atoms with van der Waals surface area (Å²) < 4.78 is 25.1. The Morgan fingerprint density at radius 3 is 2.26 bits per heavy atom. The lowest BCUT2D eigenvalue weighted by Gasteiger charge is -2.25. The van der Waals surface area contributed by atoms with E-state index in [9.17, 15) is 8.42 Å². The Balaban J connectivity index is 2.89. The van der Waals surface area contributed by atoms with Gasteiger partial charge in [-0.1, -0.05) is 50.6 Å². The fraction of sp³-hybridized carbons (Fsp3) is 0.600. The lowest BCUT2D eigenvalue weighted by Crippen LogP contribution is -2.42. The lowest BCUT2D eigenvalue weighted by molar-refractivity contribution is 0.464. The highest BCUT2D eigenvalue weighted by atomic mass is 32.2. The van der Waals surface area contributed by atoms with Gasteiger partial charge in [-0.25, -0.2) is 8.42 Å². The van der Waals surface area contributed by atoms with Gasteiger partial charge in [-0.2, -0.15) is 0 Å². The van der Waals surface area contributed by atoms with Crippen molar-refractivity contribution in [1.82, 2.24) is 5.32 Å². The number of rotatable bonds is 8. The summed E-state index contributed by atoms with van der Waals surface area (Å²) in [5.74, 6) is 0.133. The zero-order valence-corrected chi connectivity index (χ0v) is 12.9. The van der Waals surface area contributed by atoms with Crippen molar-refractivity contribution in [2.24, 2.45) is 0 Å². The highest BCUT2D eigenvalue weighted by Gasteiger charge is 2.30. The zero-order valence-electron chi connectivity index (χ0n) is 12.1. The van der Waals surface area contributed by atoms with Gasteiger partial charge in [0.1, 0.15) is 0 Å². The van der Waals surface area contributed by atoms with E-state index in [4.69, 9.17) is 0 Å². The summed E-state index contributed by atoms with van der Waals surface area (Å²) in [5.41, 5.74) is 0.868. The largest absolute Gasteiger partial charge is 0.316 e. The van der Waals surface area contributed by atoms with E-state index in [1.807, 2.05) is 44.3 Å². The first kappa shape index (κ1) is 16.2. The summed E-state index contributed by atoms with van der Waals surface area (Å²) in [6.45, 7) is 4.04. The molecule has 0 aromatic heterocycles. The van der Waals surface area contributed by atoms with Crippen LogP contribution in [-0.4, -0.2) is 26.8 Å². The third kappa shape index (κ3) is 4.62. The fourth-order valence-corrected chi connectivity index (χ4v) is 4.68. The number of benzene rings is 1. The van der Waals surface area contributed by atoms with Gasteiger partial charge < -0.3 is 5.32 Å². The molecule has 108 valence electrons. The SMILES string of the molecule is CCCC(NC)C(CC)S(=O)(=O)Cc1ccccc1. The molecule has 2 atom stereocenters. The van der Waals surface area contributed by atoms with Crippen molar-refractivity contribution in [2.75, 3.05) is 7.05 Å². The van der Waals surface area contributed by atoms with E-state index in [0.717, 1.165) is 18.4 Å².